The summed E-state index contributed by atoms with van der Waals surface area (Å²) in [6.45, 7) is 6.50. The third-order valence-corrected chi connectivity index (χ3v) is 13.0. The van der Waals surface area contributed by atoms with Gasteiger partial charge in [0.25, 0.3) is 30.4 Å². The number of fused-ring (bicyclic) bond motifs is 1. The van der Waals surface area contributed by atoms with Crippen LogP contribution in [0.3, 0.4) is 0 Å². The van der Waals surface area contributed by atoms with Crippen molar-refractivity contribution in [1.82, 2.24) is 19.5 Å². The molecule has 2 aromatic heterocycles. The maximum absolute atomic E-state index is 13.9. The first-order chi connectivity index (χ1) is 26.1. The molecule has 0 bridgehead atoms. The van der Waals surface area contributed by atoms with Crippen molar-refractivity contribution < 1.29 is 42.5 Å². The predicted octanol–water partition coefficient (Wildman–Crippen LogP) is 5.58. The van der Waals surface area contributed by atoms with E-state index in [-0.39, 0.29) is 20.3 Å². The maximum atomic E-state index is 13.9. The minimum Gasteiger partial charge on any atom is -0.346 e. The Morgan fingerprint density at radius 3 is 1.55 bits per heavy atom. The van der Waals surface area contributed by atoms with Crippen molar-refractivity contribution in [1.29, 1.82) is 0 Å². The van der Waals surface area contributed by atoms with E-state index < -0.39 is 61.5 Å². The Bertz CT molecular complexity index is 2670. The van der Waals surface area contributed by atoms with Gasteiger partial charge in [-0.3, -0.25) is 17.1 Å². The van der Waals surface area contributed by atoms with Crippen molar-refractivity contribution in [3.63, 3.8) is 0 Å². The Morgan fingerprint density at radius 2 is 1.04 bits per heavy atom. The molecule has 0 saturated carbocycles. The second kappa shape index (κ2) is 15.0. The van der Waals surface area contributed by atoms with Crippen molar-refractivity contribution in [3.05, 3.63) is 132 Å². The SMILES string of the molecule is Cc1ccc(-c2ncnc3c2ncn3[C@@H]2O[C@H](COS(=O)(=O)c3ccc(C)cc3)[C@@H](OS(=O)(=O)c3ccc(C)cc3)[C@H]2OS(=O)(=O)c2ccc(C)cc2)cc1. The molecule has 1 aliphatic heterocycles. The summed E-state index contributed by atoms with van der Waals surface area (Å²) >= 11 is 0. The van der Waals surface area contributed by atoms with Gasteiger partial charge in [-0.1, -0.05) is 82.9 Å². The molecule has 1 aliphatic rings. The molecule has 0 amide bonds. The fourth-order valence-corrected chi connectivity index (χ4v) is 9.09. The fourth-order valence-electron chi connectivity index (χ4n) is 5.99. The number of hydrogen-bond donors (Lipinski definition) is 0. The first-order valence-electron chi connectivity index (χ1n) is 17.0. The van der Waals surface area contributed by atoms with Gasteiger partial charge in [-0.2, -0.15) is 25.3 Å². The van der Waals surface area contributed by atoms with Crippen LogP contribution in [-0.4, -0.2) is 69.7 Å². The lowest BCUT2D eigenvalue weighted by Gasteiger charge is -2.24. The van der Waals surface area contributed by atoms with Gasteiger partial charge in [0.1, 0.15) is 29.7 Å². The van der Waals surface area contributed by atoms with E-state index in [1.165, 1.54) is 53.6 Å². The number of aromatic nitrogens is 4. The van der Waals surface area contributed by atoms with E-state index in [0.29, 0.717) is 11.2 Å². The summed E-state index contributed by atoms with van der Waals surface area (Å²) < 4.78 is 107. The Labute approximate surface area is 319 Å². The molecule has 0 N–H and O–H groups in total. The van der Waals surface area contributed by atoms with Gasteiger partial charge in [0.2, 0.25) is 0 Å². The van der Waals surface area contributed by atoms with Gasteiger partial charge in [-0.05, 0) is 64.1 Å². The summed E-state index contributed by atoms with van der Waals surface area (Å²) in [5, 5.41) is 0. The van der Waals surface area contributed by atoms with Crippen LogP contribution >= 0.6 is 0 Å². The van der Waals surface area contributed by atoms with Crippen molar-refractivity contribution >= 4 is 41.5 Å². The van der Waals surface area contributed by atoms with Crippen LogP contribution in [0.2, 0.25) is 0 Å². The minimum atomic E-state index is -4.65. The Hall–Kier alpha value is -4.88. The lowest BCUT2D eigenvalue weighted by molar-refractivity contribution is -0.0419. The van der Waals surface area contributed by atoms with Crippen LogP contribution < -0.4 is 0 Å². The first-order valence-corrected chi connectivity index (χ1v) is 21.2. The Kier molecular flexibility index (Phi) is 10.5. The van der Waals surface area contributed by atoms with Crippen LogP contribution in [0.15, 0.2) is 124 Å². The topological polar surface area (TPSA) is 183 Å². The highest BCUT2D eigenvalue weighted by molar-refractivity contribution is 7.87. The quantitative estimate of drug-likeness (QED) is 0.140. The van der Waals surface area contributed by atoms with E-state index in [1.807, 2.05) is 31.2 Å². The van der Waals surface area contributed by atoms with Crippen molar-refractivity contribution in [3.8, 4) is 11.3 Å². The molecule has 14 nitrogen and oxygen atoms in total. The minimum absolute atomic E-state index is 0.159. The number of rotatable bonds is 12. The van der Waals surface area contributed by atoms with Gasteiger partial charge in [-0.25, -0.2) is 15.0 Å². The second-order valence-electron chi connectivity index (χ2n) is 13.2. The molecule has 0 radical (unpaired) electrons. The summed E-state index contributed by atoms with van der Waals surface area (Å²) in [5.74, 6) is 0. The fraction of sp³-hybridized carbons (Fsp3) is 0.237. The molecule has 6 aromatic rings. The summed E-state index contributed by atoms with van der Waals surface area (Å²) in [6.07, 6.45) is -3.97. The first kappa shape index (κ1) is 38.4. The molecule has 55 heavy (non-hydrogen) atoms. The summed E-state index contributed by atoms with van der Waals surface area (Å²) in [5.41, 5.74) is 5.10. The molecule has 4 aromatic carbocycles. The average molecular weight is 805 g/mol. The third-order valence-electron chi connectivity index (χ3n) is 9.04. The molecule has 3 heterocycles. The highest BCUT2D eigenvalue weighted by Crippen LogP contribution is 2.40. The van der Waals surface area contributed by atoms with Gasteiger partial charge in [0.05, 0.1) is 27.6 Å². The van der Waals surface area contributed by atoms with E-state index in [4.69, 9.17) is 17.3 Å². The van der Waals surface area contributed by atoms with Crippen LogP contribution in [0.4, 0.5) is 0 Å². The number of benzene rings is 4. The molecule has 286 valence electrons. The predicted molar refractivity (Wildman–Crippen MR) is 200 cm³/mol. The van der Waals surface area contributed by atoms with Gasteiger partial charge < -0.3 is 4.74 Å². The second-order valence-corrected chi connectivity index (χ2v) is 17.9. The third kappa shape index (κ3) is 8.09. The Morgan fingerprint density at radius 1 is 0.582 bits per heavy atom. The van der Waals surface area contributed by atoms with Crippen molar-refractivity contribution in [2.24, 2.45) is 0 Å². The van der Waals surface area contributed by atoms with Gasteiger partial charge in [0.15, 0.2) is 18.0 Å². The number of nitrogens with zero attached hydrogens (tertiary/aromatic N) is 4. The normalized spacial score (nSPS) is 19.2. The number of aryl methyl sites for hydroxylation is 4. The van der Waals surface area contributed by atoms with Crippen LogP contribution in [0, 0.1) is 27.7 Å². The molecule has 17 heteroatoms. The Balaban J connectivity index is 1.34. The number of ether oxygens (including phenoxy) is 1. The molecule has 4 atom stereocenters. The van der Waals surface area contributed by atoms with Crippen molar-refractivity contribution in [2.45, 2.75) is 66.9 Å². The van der Waals surface area contributed by atoms with E-state index in [2.05, 4.69) is 15.0 Å². The van der Waals surface area contributed by atoms with Crippen LogP contribution in [0.1, 0.15) is 28.5 Å². The zero-order valence-corrected chi connectivity index (χ0v) is 32.5. The van der Waals surface area contributed by atoms with Crippen molar-refractivity contribution in [2.75, 3.05) is 6.61 Å². The lowest BCUT2D eigenvalue weighted by Crippen LogP contribution is -2.41. The van der Waals surface area contributed by atoms with E-state index in [1.54, 1.807) is 57.2 Å². The molecule has 7 rings (SSSR count). The largest absolute Gasteiger partial charge is 0.346 e. The molecule has 0 spiro atoms. The van der Waals surface area contributed by atoms with Crippen LogP contribution in [-0.2, 0) is 47.6 Å². The summed E-state index contributed by atoms with van der Waals surface area (Å²) in [6, 6.07) is 25.1. The van der Waals surface area contributed by atoms with E-state index in [9.17, 15) is 25.3 Å². The van der Waals surface area contributed by atoms with Gasteiger partial charge in [-0.15, -0.1) is 0 Å². The van der Waals surface area contributed by atoms with Crippen LogP contribution in [0.5, 0.6) is 0 Å². The monoisotopic (exact) mass is 804 g/mol. The number of hydrogen-bond acceptors (Lipinski definition) is 13. The average Bonchev–Trinajstić information content (AvgIpc) is 3.72. The number of imidazole rings is 1. The van der Waals surface area contributed by atoms with Gasteiger partial charge >= 0.3 is 0 Å². The summed E-state index contributed by atoms with van der Waals surface area (Å²) in [7, 11) is -13.7. The van der Waals surface area contributed by atoms with E-state index in [0.717, 1.165) is 27.8 Å². The lowest BCUT2D eigenvalue weighted by atomic mass is 10.1. The molecular formula is C38H36N4O10S3. The summed E-state index contributed by atoms with van der Waals surface area (Å²) in [4.78, 5) is 12.8. The van der Waals surface area contributed by atoms with Gasteiger partial charge in [0, 0.05) is 5.56 Å². The van der Waals surface area contributed by atoms with Crippen LogP contribution in [0.25, 0.3) is 22.4 Å². The maximum Gasteiger partial charge on any atom is 0.297 e. The molecule has 1 fully saturated rings. The molecule has 0 aliphatic carbocycles. The molecule has 1 saturated heterocycles. The zero-order chi connectivity index (χ0) is 39.1. The highest BCUT2D eigenvalue weighted by Gasteiger charge is 2.53. The standard InChI is InChI=1S/C38H36N4O10S3/c1-24-5-13-28(14-6-24)33-34-37(40-22-39-33)42(23-41-34)38-36(52-55(47,48)31-19-11-27(4)12-20-31)35(51-54(45,46)30-17-9-26(3)10-18-30)32(50-38)21-49-53(43,44)29-15-7-25(2)8-16-29/h5-20,22-23,32,35-36,38H,21H2,1-4H3/t32-,35-,36-,38-/m1/s1. The molecule has 0 unspecified atom stereocenters. The smallest absolute Gasteiger partial charge is 0.297 e. The zero-order valence-electron chi connectivity index (χ0n) is 30.0. The van der Waals surface area contributed by atoms with E-state index >= 15 is 0 Å². The molecular weight excluding hydrogens is 769 g/mol. The highest BCUT2D eigenvalue weighted by atomic mass is 32.2.